The quantitative estimate of drug-likeness (QED) is 0.543. The molecular weight excluding hydrogens is 302 g/mol. The van der Waals surface area contributed by atoms with Crippen LogP contribution in [0, 0.1) is 5.92 Å². The average Bonchev–Trinajstić information content (AvgIpc) is 3.24. The minimum Gasteiger partial charge on any atom is -0.357 e. The van der Waals surface area contributed by atoms with Crippen molar-refractivity contribution < 1.29 is 4.79 Å². The zero-order valence-electron chi connectivity index (χ0n) is 15.7. The van der Waals surface area contributed by atoms with E-state index in [4.69, 9.17) is 4.99 Å². The van der Waals surface area contributed by atoms with Crippen LogP contribution in [0.4, 0.5) is 0 Å². The molecule has 2 aliphatic heterocycles. The fourth-order valence-electron chi connectivity index (χ4n) is 3.55. The number of guanidine groups is 1. The van der Waals surface area contributed by atoms with Crippen molar-refractivity contribution >= 4 is 11.9 Å². The number of nitrogens with one attached hydrogen (secondary N) is 2. The summed E-state index contributed by atoms with van der Waals surface area (Å²) in [4.78, 5) is 21.1. The predicted octanol–water partition coefficient (Wildman–Crippen LogP) is 1.28. The van der Waals surface area contributed by atoms with Gasteiger partial charge in [-0.25, -0.2) is 0 Å². The van der Waals surface area contributed by atoms with Crippen LogP contribution in [0.2, 0.25) is 0 Å². The molecule has 0 aromatic rings. The molecule has 1 amide bonds. The van der Waals surface area contributed by atoms with Crippen LogP contribution in [0.15, 0.2) is 4.99 Å². The van der Waals surface area contributed by atoms with E-state index in [2.05, 4.69) is 29.4 Å². The number of amides is 1. The molecule has 2 heterocycles. The Morgan fingerprint density at radius 3 is 2.67 bits per heavy atom. The van der Waals surface area contributed by atoms with Gasteiger partial charge in [0.15, 0.2) is 5.96 Å². The number of rotatable bonds is 7. The van der Waals surface area contributed by atoms with Gasteiger partial charge < -0.3 is 20.4 Å². The van der Waals surface area contributed by atoms with E-state index in [0.717, 1.165) is 45.1 Å². The van der Waals surface area contributed by atoms with E-state index in [1.807, 2.05) is 11.8 Å². The van der Waals surface area contributed by atoms with Crippen LogP contribution >= 0.6 is 0 Å². The van der Waals surface area contributed by atoms with Gasteiger partial charge in [0.25, 0.3) is 0 Å². The molecule has 6 heteroatoms. The zero-order chi connectivity index (χ0) is 17.4. The molecule has 0 aliphatic carbocycles. The average molecular weight is 338 g/mol. The van der Waals surface area contributed by atoms with Crippen LogP contribution in [-0.2, 0) is 4.79 Å². The number of nitrogens with zero attached hydrogens (tertiary/aromatic N) is 3. The Bertz CT molecular complexity index is 420. The van der Waals surface area contributed by atoms with Crippen LogP contribution in [0.1, 0.15) is 46.5 Å². The summed E-state index contributed by atoms with van der Waals surface area (Å²) in [5.74, 6) is 1.71. The fraction of sp³-hybridized carbons (Fsp3) is 0.889. The fourth-order valence-corrected chi connectivity index (χ4v) is 3.55. The third kappa shape index (κ3) is 5.96. The van der Waals surface area contributed by atoms with Gasteiger partial charge in [-0.05, 0) is 45.2 Å². The lowest BCUT2D eigenvalue weighted by Crippen LogP contribution is -2.45. The summed E-state index contributed by atoms with van der Waals surface area (Å²) >= 11 is 0. The summed E-state index contributed by atoms with van der Waals surface area (Å²) in [7, 11) is 0. The van der Waals surface area contributed by atoms with E-state index in [1.54, 1.807) is 0 Å². The molecule has 0 radical (unpaired) electrons. The van der Waals surface area contributed by atoms with Gasteiger partial charge in [-0.3, -0.25) is 9.79 Å². The molecule has 2 rings (SSSR count). The molecule has 2 fully saturated rings. The molecule has 24 heavy (non-hydrogen) atoms. The number of carbonyl (C=O) groups excluding carboxylic acids is 1. The maximum absolute atomic E-state index is 11.8. The molecule has 2 saturated heterocycles. The van der Waals surface area contributed by atoms with Gasteiger partial charge in [0.1, 0.15) is 0 Å². The van der Waals surface area contributed by atoms with Gasteiger partial charge in [0, 0.05) is 45.2 Å². The molecule has 0 aromatic carbocycles. The Balaban J connectivity index is 1.78. The van der Waals surface area contributed by atoms with Crippen molar-refractivity contribution in [2.75, 3.05) is 45.8 Å². The van der Waals surface area contributed by atoms with Crippen LogP contribution in [0.25, 0.3) is 0 Å². The van der Waals surface area contributed by atoms with Crippen molar-refractivity contribution in [3.8, 4) is 0 Å². The number of carbonyl (C=O) groups is 1. The molecule has 138 valence electrons. The van der Waals surface area contributed by atoms with Gasteiger partial charge in [-0.1, -0.05) is 13.8 Å². The second-order valence-corrected chi connectivity index (χ2v) is 7.16. The first-order valence-electron chi connectivity index (χ1n) is 9.67. The van der Waals surface area contributed by atoms with Crippen molar-refractivity contribution in [3.05, 3.63) is 0 Å². The van der Waals surface area contributed by atoms with Gasteiger partial charge >= 0.3 is 0 Å². The van der Waals surface area contributed by atoms with Gasteiger partial charge in [0.2, 0.25) is 5.91 Å². The van der Waals surface area contributed by atoms with Crippen molar-refractivity contribution in [2.24, 2.45) is 10.9 Å². The lowest BCUT2D eigenvalue weighted by atomic mass is 10.2. The summed E-state index contributed by atoms with van der Waals surface area (Å²) in [6, 6.07) is 0.312. The topological polar surface area (TPSA) is 60.0 Å². The lowest BCUT2D eigenvalue weighted by molar-refractivity contribution is -0.129. The van der Waals surface area contributed by atoms with Crippen LogP contribution in [0.5, 0.6) is 0 Å². The first-order chi connectivity index (χ1) is 11.6. The van der Waals surface area contributed by atoms with Crippen LogP contribution in [0.3, 0.4) is 0 Å². The number of hydrogen-bond donors (Lipinski definition) is 2. The van der Waals surface area contributed by atoms with E-state index in [-0.39, 0.29) is 5.91 Å². The molecule has 2 unspecified atom stereocenters. The normalized spacial score (nSPS) is 23.5. The molecule has 0 bridgehead atoms. The van der Waals surface area contributed by atoms with Crippen molar-refractivity contribution in [1.29, 1.82) is 0 Å². The lowest BCUT2D eigenvalue weighted by Gasteiger charge is -2.21. The van der Waals surface area contributed by atoms with Gasteiger partial charge in [-0.2, -0.15) is 0 Å². The minimum atomic E-state index is 0.250. The van der Waals surface area contributed by atoms with E-state index < -0.39 is 0 Å². The summed E-state index contributed by atoms with van der Waals surface area (Å²) in [5.41, 5.74) is 0. The Morgan fingerprint density at radius 2 is 2.00 bits per heavy atom. The third-order valence-corrected chi connectivity index (χ3v) is 4.86. The highest BCUT2D eigenvalue weighted by Crippen LogP contribution is 2.11. The highest BCUT2D eigenvalue weighted by Gasteiger charge is 2.25. The second kappa shape index (κ2) is 9.87. The molecule has 6 nitrogen and oxygen atoms in total. The first-order valence-corrected chi connectivity index (χ1v) is 9.67. The first kappa shape index (κ1) is 19.0. The molecule has 0 spiro atoms. The van der Waals surface area contributed by atoms with Gasteiger partial charge in [0.05, 0.1) is 0 Å². The largest absolute Gasteiger partial charge is 0.357 e. The van der Waals surface area contributed by atoms with Crippen molar-refractivity contribution in [1.82, 2.24) is 20.4 Å². The van der Waals surface area contributed by atoms with Crippen LogP contribution < -0.4 is 10.6 Å². The third-order valence-electron chi connectivity index (χ3n) is 4.86. The standard InChI is InChI=1S/C18H35N5O/c1-4-17(24)23-11-8-16(14-23)21-18(19-5-2)20-12-15(3)13-22-9-6-7-10-22/h15-16H,4-14H2,1-3H3,(H2,19,20,21). The van der Waals surface area contributed by atoms with Crippen molar-refractivity contribution in [2.45, 2.75) is 52.5 Å². The van der Waals surface area contributed by atoms with Gasteiger partial charge in [-0.15, -0.1) is 0 Å². The molecule has 2 aliphatic rings. The second-order valence-electron chi connectivity index (χ2n) is 7.16. The van der Waals surface area contributed by atoms with Crippen molar-refractivity contribution in [3.63, 3.8) is 0 Å². The summed E-state index contributed by atoms with van der Waals surface area (Å²) in [5, 5.41) is 6.84. The summed E-state index contributed by atoms with van der Waals surface area (Å²) < 4.78 is 0. The highest BCUT2D eigenvalue weighted by molar-refractivity contribution is 5.80. The Hall–Kier alpha value is -1.30. The highest BCUT2D eigenvalue weighted by atomic mass is 16.2. The summed E-state index contributed by atoms with van der Waals surface area (Å²) in [6.45, 7) is 13.3. The zero-order valence-corrected chi connectivity index (χ0v) is 15.7. The molecule has 2 atom stereocenters. The Kier molecular flexibility index (Phi) is 7.82. The maximum Gasteiger partial charge on any atom is 0.222 e. The Labute approximate surface area is 147 Å². The number of aliphatic imine (C=N–C) groups is 1. The van der Waals surface area contributed by atoms with E-state index >= 15 is 0 Å². The molecule has 2 N–H and O–H groups in total. The summed E-state index contributed by atoms with van der Waals surface area (Å²) in [6.07, 6.45) is 4.28. The molecule has 0 aromatic heterocycles. The van der Waals surface area contributed by atoms with Crippen LogP contribution in [-0.4, -0.2) is 73.5 Å². The maximum atomic E-state index is 11.8. The molecular formula is C18H35N5O. The Morgan fingerprint density at radius 1 is 1.25 bits per heavy atom. The van der Waals surface area contributed by atoms with E-state index in [1.165, 1.54) is 25.9 Å². The minimum absolute atomic E-state index is 0.250. The molecule has 0 saturated carbocycles. The monoisotopic (exact) mass is 337 g/mol. The number of hydrogen-bond acceptors (Lipinski definition) is 3. The number of likely N-dealkylation sites (tertiary alicyclic amines) is 2. The SMILES string of the molecule is CCNC(=NCC(C)CN1CCCC1)NC1CCN(C(=O)CC)C1. The predicted molar refractivity (Wildman–Crippen MR) is 99.2 cm³/mol. The van der Waals surface area contributed by atoms with E-state index in [0.29, 0.717) is 18.4 Å². The van der Waals surface area contributed by atoms with E-state index in [9.17, 15) is 4.79 Å². The smallest absolute Gasteiger partial charge is 0.222 e.